The van der Waals surface area contributed by atoms with Crippen LogP contribution in [0.3, 0.4) is 0 Å². The zero-order valence-electron chi connectivity index (χ0n) is 19.1. The molecule has 1 atom stereocenters. The SMILES string of the molecule is CCC(O)CN(Cc1c(C)nn(-c2ccccc2)c1Oc1ccccc1OC)C(C)C. The van der Waals surface area contributed by atoms with Crippen LogP contribution in [-0.2, 0) is 6.54 Å². The molecule has 0 aliphatic carbocycles. The van der Waals surface area contributed by atoms with Crippen LogP contribution in [0.15, 0.2) is 54.6 Å². The highest BCUT2D eigenvalue weighted by Crippen LogP contribution is 2.36. The Morgan fingerprint density at radius 3 is 2.29 bits per heavy atom. The lowest BCUT2D eigenvalue weighted by Gasteiger charge is -2.28. The molecule has 0 fully saturated rings. The second-order valence-corrected chi connectivity index (χ2v) is 7.95. The smallest absolute Gasteiger partial charge is 0.227 e. The molecular formula is C25H33N3O3. The molecule has 0 amide bonds. The quantitative estimate of drug-likeness (QED) is 0.499. The predicted molar refractivity (Wildman–Crippen MR) is 123 cm³/mol. The number of nitrogens with zero attached hydrogens (tertiary/aromatic N) is 3. The third-order valence-corrected chi connectivity index (χ3v) is 5.42. The van der Waals surface area contributed by atoms with Gasteiger partial charge in [-0.1, -0.05) is 37.3 Å². The molecule has 31 heavy (non-hydrogen) atoms. The summed E-state index contributed by atoms with van der Waals surface area (Å²) in [6, 6.07) is 17.8. The number of rotatable bonds is 10. The summed E-state index contributed by atoms with van der Waals surface area (Å²) in [4.78, 5) is 2.25. The van der Waals surface area contributed by atoms with Crippen molar-refractivity contribution in [3.05, 3.63) is 65.9 Å². The molecule has 0 saturated carbocycles. The van der Waals surface area contributed by atoms with Gasteiger partial charge < -0.3 is 14.6 Å². The van der Waals surface area contributed by atoms with Gasteiger partial charge in [0.25, 0.3) is 0 Å². The van der Waals surface area contributed by atoms with Crippen molar-refractivity contribution >= 4 is 0 Å². The van der Waals surface area contributed by atoms with Crippen LogP contribution in [0.5, 0.6) is 17.4 Å². The molecule has 1 heterocycles. The summed E-state index contributed by atoms with van der Waals surface area (Å²) in [6.45, 7) is 9.49. The number of ether oxygens (including phenoxy) is 2. The summed E-state index contributed by atoms with van der Waals surface area (Å²) < 4.78 is 13.8. The van der Waals surface area contributed by atoms with E-state index in [1.54, 1.807) is 7.11 Å². The summed E-state index contributed by atoms with van der Waals surface area (Å²) in [5, 5.41) is 15.1. The summed E-state index contributed by atoms with van der Waals surface area (Å²) in [7, 11) is 1.63. The van der Waals surface area contributed by atoms with E-state index in [4.69, 9.17) is 14.6 Å². The molecule has 0 saturated heterocycles. The normalized spacial score (nSPS) is 12.4. The molecule has 0 aliphatic rings. The molecule has 6 heteroatoms. The van der Waals surface area contributed by atoms with Crippen molar-refractivity contribution in [3.8, 4) is 23.1 Å². The summed E-state index contributed by atoms with van der Waals surface area (Å²) in [5.74, 6) is 1.95. The van der Waals surface area contributed by atoms with Crippen molar-refractivity contribution in [3.63, 3.8) is 0 Å². The molecule has 3 aromatic rings. The molecule has 1 aromatic heterocycles. The molecule has 1 N–H and O–H groups in total. The van der Waals surface area contributed by atoms with Gasteiger partial charge in [0, 0.05) is 19.1 Å². The van der Waals surface area contributed by atoms with E-state index in [0.717, 1.165) is 23.4 Å². The molecular weight excluding hydrogens is 390 g/mol. The molecule has 2 aromatic carbocycles. The number of benzene rings is 2. The number of aryl methyl sites for hydroxylation is 1. The first-order valence-electron chi connectivity index (χ1n) is 10.8. The van der Waals surface area contributed by atoms with Gasteiger partial charge in [-0.3, -0.25) is 4.90 Å². The molecule has 0 aliphatic heterocycles. The van der Waals surface area contributed by atoms with Crippen molar-refractivity contribution in [2.75, 3.05) is 13.7 Å². The third kappa shape index (κ3) is 5.46. The number of aliphatic hydroxyl groups excluding tert-OH is 1. The molecule has 6 nitrogen and oxygen atoms in total. The fourth-order valence-corrected chi connectivity index (χ4v) is 3.44. The van der Waals surface area contributed by atoms with E-state index >= 15 is 0 Å². The number of para-hydroxylation sites is 3. The third-order valence-electron chi connectivity index (χ3n) is 5.42. The van der Waals surface area contributed by atoms with Gasteiger partial charge in [0.2, 0.25) is 5.88 Å². The van der Waals surface area contributed by atoms with E-state index in [1.807, 2.05) is 73.1 Å². The van der Waals surface area contributed by atoms with Crippen LogP contribution in [0.25, 0.3) is 5.69 Å². The lowest BCUT2D eigenvalue weighted by Crippen LogP contribution is -2.37. The molecule has 3 rings (SSSR count). The van der Waals surface area contributed by atoms with Crippen LogP contribution < -0.4 is 9.47 Å². The standard InChI is InChI=1S/C25H33N3O3/c1-6-21(29)16-27(18(2)3)17-22-19(4)26-28(20-12-8-7-9-13-20)25(22)31-24-15-11-10-14-23(24)30-5/h7-15,18,21,29H,6,16-17H2,1-5H3. The molecule has 166 valence electrons. The van der Waals surface area contributed by atoms with Crippen LogP contribution in [0.1, 0.15) is 38.4 Å². The first-order chi connectivity index (χ1) is 14.9. The highest BCUT2D eigenvalue weighted by Gasteiger charge is 2.24. The van der Waals surface area contributed by atoms with E-state index in [1.165, 1.54) is 0 Å². The van der Waals surface area contributed by atoms with E-state index in [2.05, 4.69) is 18.7 Å². The second kappa shape index (κ2) is 10.5. The van der Waals surface area contributed by atoms with Gasteiger partial charge >= 0.3 is 0 Å². The van der Waals surface area contributed by atoms with Gasteiger partial charge in [0.1, 0.15) is 0 Å². The fourth-order valence-electron chi connectivity index (χ4n) is 3.44. The maximum atomic E-state index is 10.3. The highest BCUT2D eigenvalue weighted by atomic mass is 16.5. The average molecular weight is 424 g/mol. The number of aromatic nitrogens is 2. The highest BCUT2D eigenvalue weighted by molar-refractivity contribution is 5.47. The second-order valence-electron chi connectivity index (χ2n) is 7.95. The van der Waals surface area contributed by atoms with E-state index < -0.39 is 0 Å². The molecule has 0 bridgehead atoms. The van der Waals surface area contributed by atoms with Crippen LogP contribution >= 0.6 is 0 Å². The zero-order chi connectivity index (χ0) is 22.4. The molecule has 0 radical (unpaired) electrons. The monoisotopic (exact) mass is 423 g/mol. The van der Waals surface area contributed by atoms with Gasteiger partial charge in [0.15, 0.2) is 11.5 Å². The van der Waals surface area contributed by atoms with Gasteiger partial charge in [-0.2, -0.15) is 5.10 Å². The lowest BCUT2D eigenvalue weighted by molar-refractivity contribution is 0.0875. The van der Waals surface area contributed by atoms with Gasteiger partial charge in [-0.05, 0) is 51.5 Å². The summed E-state index contributed by atoms with van der Waals surface area (Å²) >= 11 is 0. The minimum absolute atomic E-state index is 0.264. The van der Waals surface area contributed by atoms with Crippen molar-refractivity contribution in [2.45, 2.75) is 52.8 Å². The maximum Gasteiger partial charge on any atom is 0.227 e. The first kappa shape index (κ1) is 22.8. The largest absolute Gasteiger partial charge is 0.493 e. The number of aliphatic hydroxyl groups is 1. The Kier molecular flexibility index (Phi) is 7.71. The fraction of sp³-hybridized carbons (Fsp3) is 0.400. The van der Waals surface area contributed by atoms with Crippen molar-refractivity contribution in [1.29, 1.82) is 0 Å². The molecule has 0 spiro atoms. The van der Waals surface area contributed by atoms with Crippen molar-refractivity contribution in [2.24, 2.45) is 0 Å². The van der Waals surface area contributed by atoms with Gasteiger partial charge in [0.05, 0.1) is 30.2 Å². The van der Waals surface area contributed by atoms with Crippen LogP contribution in [0, 0.1) is 6.92 Å². The van der Waals surface area contributed by atoms with E-state index in [-0.39, 0.29) is 12.1 Å². The Morgan fingerprint density at radius 1 is 1.03 bits per heavy atom. The Hall–Kier alpha value is -2.83. The predicted octanol–water partition coefficient (Wildman–Crippen LogP) is 4.96. The minimum atomic E-state index is -0.370. The Labute approximate surface area is 185 Å². The number of methoxy groups -OCH3 is 1. The van der Waals surface area contributed by atoms with Crippen LogP contribution in [0.2, 0.25) is 0 Å². The Morgan fingerprint density at radius 2 is 1.68 bits per heavy atom. The minimum Gasteiger partial charge on any atom is -0.493 e. The Bertz CT molecular complexity index is 969. The number of hydrogen-bond donors (Lipinski definition) is 1. The van der Waals surface area contributed by atoms with Crippen LogP contribution in [-0.4, -0.2) is 45.6 Å². The average Bonchev–Trinajstić information content (AvgIpc) is 3.09. The number of hydrogen-bond acceptors (Lipinski definition) is 5. The maximum absolute atomic E-state index is 10.3. The van der Waals surface area contributed by atoms with Crippen molar-refractivity contribution < 1.29 is 14.6 Å². The molecule has 1 unspecified atom stereocenters. The first-order valence-corrected chi connectivity index (χ1v) is 10.8. The van der Waals surface area contributed by atoms with Gasteiger partial charge in [-0.15, -0.1) is 0 Å². The van der Waals surface area contributed by atoms with Crippen molar-refractivity contribution in [1.82, 2.24) is 14.7 Å². The van der Waals surface area contributed by atoms with E-state index in [0.29, 0.717) is 30.5 Å². The Balaban J connectivity index is 2.06. The topological polar surface area (TPSA) is 59.8 Å². The van der Waals surface area contributed by atoms with Gasteiger partial charge in [-0.25, -0.2) is 4.68 Å². The van der Waals surface area contributed by atoms with E-state index in [9.17, 15) is 5.11 Å². The van der Waals surface area contributed by atoms with Crippen LogP contribution in [0.4, 0.5) is 0 Å². The summed E-state index contributed by atoms with van der Waals surface area (Å²) in [5.41, 5.74) is 2.81. The summed E-state index contributed by atoms with van der Waals surface area (Å²) in [6.07, 6.45) is 0.348. The lowest BCUT2D eigenvalue weighted by atomic mass is 10.1. The zero-order valence-corrected chi connectivity index (χ0v) is 19.1.